The van der Waals surface area contributed by atoms with Gasteiger partial charge in [0.2, 0.25) is 0 Å². The van der Waals surface area contributed by atoms with E-state index in [2.05, 4.69) is 229 Å². The fourth-order valence-corrected chi connectivity index (χ4v) is 10.3. The second-order valence-corrected chi connectivity index (χ2v) is 23.8. The van der Waals surface area contributed by atoms with Crippen molar-refractivity contribution in [3.8, 4) is 44.5 Å². The van der Waals surface area contributed by atoms with E-state index in [0.717, 1.165) is 8.95 Å². The quantitative estimate of drug-likeness (QED) is 0.120. The molecule has 0 fully saturated rings. The Morgan fingerprint density at radius 3 is 1.43 bits per heavy atom. The molecule has 0 amide bonds. The van der Waals surface area contributed by atoms with Gasteiger partial charge in [-0.3, -0.25) is 0 Å². The van der Waals surface area contributed by atoms with E-state index in [-0.39, 0.29) is 10.8 Å². The van der Waals surface area contributed by atoms with Crippen molar-refractivity contribution in [2.75, 3.05) is 0 Å². The van der Waals surface area contributed by atoms with Crippen LogP contribution in [0.5, 0.6) is 0 Å². The summed E-state index contributed by atoms with van der Waals surface area (Å²) in [4.78, 5) is 0. The standard InChI is InChI=1S/C27H19Br.C27H21Br.3ClH.Fe/c1-27(2)25-10-6-5-9-20(25)24-14-22-18-8-4-3-7-17(18)21-13-16(28)11-12-19(21)23(22)15-26(24)27;1-27(2)25-11-7-6-10-22(25)23-14-12-19(16-26(23)27)21-15-13-20(28)17-24(21)18-8-4-3-5-9-18;;;;/h3-15H,1-2H3;3-17H,1-2H3;3*1H;/q;;;;;+3/p-3. The zero-order valence-corrected chi connectivity index (χ0v) is 40.0. The van der Waals surface area contributed by atoms with E-state index in [9.17, 15) is 0 Å². The predicted octanol–water partition coefficient (Wildman–Crippen LogP) is 18.4. The van der Waals surface area contributed by atoms with Crippen molar-refractivity contribution in [1.29, 1.82) is 0 Å². The normalized spacial score (nSPS) is 14.0. The molecule has 0 unspecified atom stereocenters. The van der Waals surface area contributed by atoms with Crippen LogP contribution in [0.3, 0.4) is 0 Å². The first kappa shape index (κ1) is 41.5. The third-order valence-corrected chi connectivity index (χ3v) is 13.4. The molecule has 0 N–H and O–H groups in total. The zero-order chi connectivity index (χ0) is 41.9. The average Bonchev–Trinajstić information content (AvgIpc) is 3.62. The van der Waals surface area contributed by atoms with E-state index in [1.165, 1.54) is 99.1 Å². The topological polar surface area (TPSA) is 0 Å². The van der Waals surface area contributed by atoms with Gasteiger partial charge in [0.1, 0.15) is 0 Å². The van der Waals surface area contributed by atoms with Gasteiger partial charge in [-0.15, -0.1) is 0 Å². The van der Waals surface area contributed by atoms with Crippen molar-refractivity contribution in [3.63, 3.8) is 0 Å². The molecule has 9 aromatic rings. The Labute approximate surface area is 386 Å². The van der Waals surface area contributed by atoms with Gasteiger partial charge in [-0.1, -0.05) is 187 Å². The first-order valence-electron chi connectivity index (χ1n) is 19.8. The van der Waals surface area contributed by atoms with Crippen molar-refractivity contribution < 1.29 is 11.2 Å². The maximum atomic E-state index is 4.89. The summed E-state index contributed by atoms with van der Waals surface area (Å²) in [6.45, 7) is 9.37. The SMILES string of the molecule is CC1(C)c2ccccc2-c2cc3c4ccccc4c4cc(Br)ccc4c3cc21.CC1(C)c2ccccc2-c2ccc(-c3ccc(Br)cc3-c3ccccc3)cc21.[Cl][Fe]([Cl])[Cl]. The van der Waals surface area contributed by atoms with E-state index >= 15 is 0 Å². The number of rotatable bonds is 2. The Kier molecular flexibility index (Phi) is 11.4. The molecule has 0 radical (unpaired) electrons. The van der Waals surface area contributed by atoms with Crippen LogP contribution in [0.25, 0.3) is 76.8 Å². The molecule has 0 nitrogen and oxygen atoms in total. The molecular formula is C54H40Br2Cl3Fe. The Balaban J connectivity index is 0.000000142. The van der Waals surface area contributed by atoms with Crippen LogP contribution in [-0.4, -0.2) is 0 Å². The van der Waals surface area contributed by atoms with Crippen LogP contribution < -0.4 is 0 Å². The summed E-state index contributed by atoms with van der Waals surface area (Å²) in [6.07, 6.45) is 0. The van der Waals surface area contributed by atoms with Crippen LogP contribution in [0.1, 0.15) is 49.9 Å². The van der Waals surface area contributed by atoms with Gasteiger partial charge in [0.25, 0.3) is 0 Å². The minimum absolute atomic E-state index is 0.0181. The monoisotopic (exact) mass is 1010 g/mol. The van der Waals surface area contributed by atoms with Gasteiger partial charge in [0, 0.05) is 19.8 Å². The van der Waals surface area contributed by atoms with Crippen LogP contribution in [0.15, 0.2) is 179 Å². The van der Waals surface area contributed by atoms with Crippen molar-refractivity contribution in [2.45, 2.75) is 38.5 Å². The number of fused-ring (bicyclic) bond motifs is 12. The number of halogens is 5. The minimum atomic E-state index is -1.33. The van der Waals surface area contributed by atoms with Gasteiger partial charge in [-0.2, -0.15) is 0 Å². The predicted molar refractivity (Wildman–Crippen MR) is 264 cm³/mol. The summed E-state index contributed by atoms with van der Waals surface area (Å²) in [5, 5.41) is 7.97. The van der Waals surface area contributed by atoms with Gasteiger partial charge < -0.3 is 0 Å². The number of hydrogen-bond donors (Lipinski definition) is 0. The molecule has 0 atom stereocenters. The summed E-state index contributed by atoms with van der Waals surface area (Å²) < 4.78 is 2.22. The molecule has 0 saturated heterocycles. The third kappa shape index (κ3) is 7.35. The molecule has 0 aliphatic heterocycles. The Morgan fingerprint density at radius 1 is 0.333 bits per heavy atom. The molecule has 9 aromatic carbocycles. The second kappa shape index (κ2) is 16.4. The summed E-state index contributed by atoms with van der Waals surface area (Å²) in [5.74, 6) is 0. The Bertz CT molecular complexity index is 3120. The summed E-state index contributed by atoms with van der Waals surface area (Å²) in [6, 6.07) is 62.2. The Hall–Kier alpha value is -3.89. The Morgan fingerprint density at radius 2 is 0.783 bits per heavy atom. The summed E-state index contributed by atoms with van der Waals surface area (Å²) in [7, 11) is 14.7. The first-order chi connectivity index (χ1) is 28.8. The van der Waals surface area contributed by atoms with Gasteiger partial charge in [-0.25, -0.2) is 0 Å². The van der Waals surface area contributed by atoms with Crippen LogP contribution in [0.4, 0.5) is 0 Å². The molecule has 0 bridgehead atoms. The molecule has 2 aliphatic carbocycles. The fourth-order valence-electron chi connectivity index (χ4n) is 9.62. The molecule has 60 heavy (non-hydrogen) atoms. The molecule has 299 valence electrons. The van der Waals surface area contributed by atoms with Crippen LogP contribution in [0.2, 0.25) is 0 Å². The zero-order valence-electron chi connectivity index (χ0n) is 33.4. The van der Waals surface area contributed by atoms with Crippen LogP contribution in [0, 0.1) is 0 Å². The first-order valence-corrected chi connectivity index (χ1v) is 25.9. The van der Waals surface area contributed by atoms with Crippen molar-refractivity contribution in [3.05, 3.63) is 201 Å². The van der Waals surface area contributed by atoms with E-state index in [1.807, 2.05) is 0 Å². The molecule has 6 heteroatoms. The van der Waals surface area contributed by atoms with Gasteiger partial charge in [0.05, 0.1) is 0 Å². The number of benzene rings is 9. The summed E-state index contributed by atoms with van der Waals surface area (Å²) >= 11 is 5.99. The molecule has 2 aliphatic rings. The maximum absolute atomic E-state index is 4.89. The molecule has 11 rings (SSSR count). The van der Waals surface area contributed by atoms with Crippen LogP contribution >= 0.6 is 62.2 Å². The fraction of sp³-hybridized carbons (Fsp3) is 0.111. The third-order valence-electron chi connectivity index (χ3n) is 12.5. The van der Waals surface area contributed by atoms with E-state index in [0.29, 0.717) is 0 Å². The van der Waals surface area contributed by atoms with Gasteiger partial charge in [0.15, 0.2) is 0 Å². The van der Waals surface area contributed by atoms with E-state index in [1.54, 1.807) is 0 Å². The van der Waals surface area contributed by atoms with Crippen molar-refractivity contribution in [1.82, 2.24) is 0 Å². The molecule has 0 aromatic heterocycles. The average molecular weight is 1010 g/mol. The van der Waals surface area contributed by atoms with E-state index in [4.69, 9.17) is 30.3 Å². The molecular weight excluding hydrogens is 971 g/mol. The van der Waals surface area contributed by atoms with Crippen LogP contribution in [-0.2, 0) is 22.0 Å². The molecule has 0 saturated carbocycles. The van der Waals surface area contributed by atoms with Gasteiger partial charge in [-0.05, 0) is 142 Å². The molecule has 0 spiro atoms. The second-order valence-electron chi connectivity index (χ2n) is 16.5. The number of hydrogen-bond acceptors (Lipinski definition) is 0. The van der Waals surface area contributed by atoms with Crippen molar-refractivity contribution in [2.24, 2.45) is 0 Å². The summed E-state index contributed by atoms with van der Waals surface area (Å²) in [5.41, 5.74) is 16.2. The van der Waals surface area contributed by atoms with E-state index < -0.39 is 11.2 Å². The molecule has 0 heterocycles. The van der Waals surface area contributed by atoms with Gasteiger partial charge >= 0.3 is 41.5 Å². The van der Waals surface area contributed by atoms with Crippen molar-refractivity contribution >= 4 is 94.5 Å².